The largest absolute Gasteiger partial charge is 0.292 e. The fourth-order valence-electron chi connectivity index (χ4n) is 3.82. The normalized spacial score (nSPS) is 19.9. The first kappa shape index (κ1) is 16.7. The summed E-state index contributed by atoms with van der Waals surface area (Å²) in [6, 6.07) is 14.0. The molecule has 2 aromatic carbocycles. The Morgan fingerprint density at radius 1 is 0.880 bits per heavy atom. The van der Waals surface area contributed by atoms with Gasteiger partial charge < -0.3 is 0 Å². The quantitative estimate of drug-likeness (QED) is 0.845. The van der Waals surface area contributed by atoms with Gasteiger partial charge in [-0.15, -0.1) is 0 Å². The third-order valence-electron chi connectivity index (χ3n) is 5.26. The Bertz CT molecular complexity index is 834. The number of nitrogens with zero attached hydrogens (tertiary/aromatic N) is 2. The van der Waals surface area contributed by atoms with Crippen LogP contribution in [0.1, 0.15) is 24.0 Å². The van der Waals surface area contributed by atoms with E-state index in [0.717, 1.165) is 25.9 Å². The lowest BCUT2D eigenvalue weighted by molar-refractivity contribution is 0.139. The van der Waals surface area contributed by atoms with Crippen LogP contribution in [0.15, 0.2) is 53.4 Å². The van der Waals surface area contributed by atoms with E-state index in [1.807, 2.05) is 0 Å². The summed E-state index contributed by atoms with van der Waals surface area (Å²) < 4.78 is 40.0. The van der Waals surface area contributed by atoms with Crippen molar-refractivity contribution in [3.05, 3.63) is 65.5 Å². The lowest BCUT2D eigenvalue weighted by atomic mass is 10.1. The van der Waals surface area contributed by atoms with E-state index in [2.05, 4.69) is 29.2 Å². The van der Waals surface area contributed by atoms with E-state index in [1.54, 1.807) is 0 Å². The SMILES string of the molecule is O=S(=O)(c1ccc(F)cc1)N1CCC(N2Cc3ccccc3C2)CC1. The van der Waals surface area contributed by atoms with Gasteiger partial charge in [0.25, 0.3) is 0 Å². The second-order valence-electron chi connectivity index (χ2n) is 6.76. The Morgan fingerprint density at radius 3 is 2.00 bits per heavy atom. The highest BCUT2D eigenvalue weighted by atomic mass is 32.2. The molecule has 0 saturated carbocycles. The summed E-state index contributed by atoms with van der Waals surface area (Å²) in [5.41, 5.74) is 2.76. The van der Waals surface area contributed by atoms with Gasteiger partial charge in [0.05, 0.1) is 4.90 Å². The second kappa shape index (κ2) is 6.52. The van der Waals surface area contributed by atoms with Crippen LogP contribution in [0, 0.1) is 5.82 Å². The van der Waals surface area contributed by atoms with E-state index in [4.69, 9.17) is 0 Å². The molecule has 1 saturated heterocycles. The maximum absolute atomic E-state index is 13.0. The monoisotopic (exact) mass is 360 g/mol. The zero-order chi connectivity index (χ0) is 17.4. The maximum Gasteiger partial charge on any atom is 0.243 e. The average molecular weight is 360 g/mol. The first-order valence-corrected chi connectivity index (χ1v) is 10.0. The molecule has 132 valence electrons. The highest BCUT2D eigenvalue weighted by Gasteiger charge is 2.33. The van der Waals surface area contributed by atoms with E-state index >= 15 is 0 Å². The highest BCUT2D eigenvalue weighted by Crippen LogP contribution is 2.29. The van der Waals surface area contributed by atoms with Crippen LogP contribution in [0.2, 0.25) is 0 Å². The summed E-state index contributed by atoms with van der Waals surface area (Å²) in [6.07, 6.45) is 1.66. The second-order valence-corrected chi connectivity index (χ2v) is 8.70. The highest BCUT2D eigenvalue weighted by molar-refractivity contribution is 7.89. The number of piperidine rings is 1. The van der Waals surface area contributed by atoms with Gasteiger partial charge in [-0.3, -0.25) is 4.90 Å². The van der Waals surface area contributed by atoms with Crippen LogP contribution in [0.5, 0.6) is 0 Å². The van der Waals surface area contributed by atoms with Crippen LogP contribution in [-0.2, 0) is 23.1 Å². The number of hydrogen-bond acceptors (Lipinski definition) is 3. The molecule has 2 aliphatic rings. The van der Waals surface area contributed by atoms with Crippen LogP contribution in [0.3, 0.4) is 0 Å². The molecular formula is C19H21FN2O2S. The van der Waals surface area contributed by atoms with Crippen LogP contribution in [-0.4, -0.2) is 36.8 Å². The molecule has 25 heavy (non-hydrogen) atoms. The third kappa shape index (κ3) is 3.21. The van der Waals surface area contributed by atoms with Crippen molar-refractivity contribution in [3.63, 3.8) is 0 Å². The van der Waals surface area contributed by atoms with Crippen molar-refractivity contribution in [3.8, 4) is 0 Å². The predicted octanol–water partition coefficient (Wildman–Crippen LogP) is 2.99. The van der Waals surface area contributed by atoms with Gasteiger partial charge in [0, 0.05) is 32.2 Å². The summed E-state index contributed by atoms with van der Waals surface area (Å²) in [5.74, 6) is -0.425. The van der Waals surface area contributed by atoms with Gasteiger partial charge in [-0.25, -0.2) is 12.8 Å². The number of halogens is 1. The van der Waals surface area contributed by atoms with Crippen molar-refractivity contribution in [2.24, 2.45) is 0 Å². The van der Waals surface area contributed by atoms with Crippen molar-refractivity contribution in [1.29, 1.82) is 0 Å². The first-order chi connectivity index (χ1) is 12.0. The lowest BCUT2D eigenvalue weighted by Gasteiger charge is -2.36. The molecule has 2 aromatic rings. The van der Waals surface area contributed by atoms with Crippen molar-refractivity contribution in [1.82, 2.24) is 9.21 Å². The molecule has 0 spiro atoms. The maximum atomic E-state index is 13.0. The summed E-state index contributed by atoms with van der Waals surface area (Å²) in [4.78, 5) is 2.62. The number of rotatable bonds is 3. The molecule has 0 aliphatic carbocycles. The third-order valence-corrected chi connectivity index (χ3v) is 7.17. The van der Waals surface area contributed by atoms with Gasteiger partial charge in [-0.05, 0) is 48.2 Å². The standard InChI is InChI=1S/C19H21FN2O2S/c20-17-5-7-19(8-6-17)25(23,24)22-11-9-18(10-12-22)21-13-15-3-1-2-4-16(15)14-21/h1-8,18H,9-14H2. The Balaban J connectivity index is 1.41. The fraction of sp³-hybridized carbons (Fsp3) is 0.368. The van der Waals surface area contributed by atoms with Crippen molar-refractivity contribution >= 4 is 10.0 Å². The first-order valence-electron chi connectivity index (χ1n) is 8.60. The number of fused-ring (bicyclic) bond motifs is 1. The van der Waals surface area contributed by atoms with E-state index in [1.165, 1.54) is 39.7 Å². The summed E-state index contributed by atoms with van der Waals surface area (Å²) in [6.45, 7) is 2.92. The van der Waals surface area contributed by atoms with Crippen LogP contribution in [0.4, 0.5) is 4.39 Å². The van der Waals surface area contributed by atoms with Gasteiger partial charge >= 0.3 is 0 Å². The molecule has 1 fully saturated rings. The Hall–Kier alpha value is -1.76. The van der Waals surface area contributed by atoms with E-state index in [-0.39, 0.29) is 4.90 Å². The van der Waals surface area contributed by atoms with Crippen molar-refractivity contribution < 1.29 is 12.8 Å². The minimum Gasteiger partial charge on any atom is -0.292 e. The fourth-order valence-corrected chi connectivity index (χ4v) is 5.29. The molecule has 2 heterocycles. The van der Waals surface area contributed by atoms with Gasteiger partial charge in [0.1, 0.15) is 5.82 Å². The number of benzene rings is 2. The van der Waals surface area contributed by atoms with Crippen LogP contribution < -0.4 is 0 Å². The topological polar surface area (TPSA) is 40.6 Å². The zero-order valence-electron chi connectivity index (χ0n) is 13.9. The summed E-state index contributed by atoms with van der Waals surface area (Å²) >= 11 is 0. The number of hydrogen-bond donors (Lipinski definition) is 0. The minimum absolute atomic E-state index is 0.168. The van der Waals surface area contributed by atoms with E-state index < -0.39 is 15.8 Å². The van der Waals surface area contributed by atoms with Crippen molar-refractivity contribution in [2.75, 3.05) is 13.1 Å². The van der Waals surface area contributed by atoms with E-state index in [0.29, 0.717) is 19.1 Å². The molecule has 4 nitrogen and oxygen atoms in total. The lowest BCUT2D eigenvalue weighted by Crippen LogP contribution is -2.45. The molecule has 0 bridgehead atoms. The average Bonchev–Trinajstić information content (AvgIpc) is 3.06. The van der Waals surface area contributed by atoms with Gasteiger partial charge in [-0.2, -0.15) is 4.31 Å². The molecule has 0 aromatic heterocycles. The number of sulfonamides is 1. The Kier molecular flexibility index (Phi) is 4.35. The van der Waals surface area contributed by atoms with Crippen LogP contribution >= 0.6 is 0 Å². The molecule has 0 radical (unpaired) electrons. The minimum atomic E-state index is -3.53. The molecule has 6 heteroatoms. The molecule has 0 N–H and O–H groups in total. The Morgan fingerprint density at radius 2 is 1.44 bits per heavy atom. The Labute approximate surface area is 147 Å². The van der Waals surface area contributed by atoms with Gasteiger partial charge in [0.2, 0.25) is 10.0 Å². The molecule has 2 aliphatic heterocycles. The van der Waals surface area contributed by atoms with Crippen LogP contribution in [0.25, 0.3) is 0 Å². The summed E-state index contributed by atoms with van der Waals surface area (Å²) in [7, 11) is -3.53. The van der Waals surface area contributed by atoms with E-state index in [9.17, 15) is 12.8 Å². The van der Waals surface area contributed by atoms with Gasteiger partial charge in [-0.1, -0.05) is 24.3 Å². The summed E-state index contributed by atoms with van der Waals surface area (Å²) in [5, 5.41) is 0. The molecule has 0 amide bonds. The zero-order valence-corrected chi connectivity index (χ0v) is 14.8. The predicted molar refractivity (Wildman–Crippen MR) is 93.9 cm³/mol. The van der Waals surface area contributed by atoms with Crippen molar-refractivity contribution in [2.45, 2.75) is 36.9 Å². The molecule has 0 atom stereocenters. The molecule has 0 unspecified atom stereocenters. The molecule has 4 rings (SSSR count). The molecular weight excluding hydrogens is 339 g/mol. The van der Waals surface area contributed by atoms with Gasteiger partial charge in [0.15, 0.2) is 0 Å². The smallest absolute Gasteiger partial charge is 0.243 e.